The molecule has 2 aliphatic rings. The van der Waals surface area contributed by atoms with Gasteiger partial charge >= 0.3 is 0 Å². The molecule has 1 atom stereocenters. The van der Waals surface area contributed by atoms with Crippen molar-refractivity contribution >= 4 is 23.2 Å². The molecule has 2 amide bonds. The Bertz CT molecular complexity index is 724. The summed E-state index contributed by atoms with van der Waals surface area (Å²) in [5.41, 5.74) is 0.693. The number of nitrogens with one attached hydrogen (secondary N) is 2. The van der Waals surface area contributed by atoms with Crippen LogP contribution in [0.5, 0.6) is 0 Å². The summed E-state index contributed by atoms with van der Waals surface area (Å²) >= 11 is 0. The molecule has 9 heteroatoms. The zero-order valence-electron chi connectivity index (χ0n) is 15.4. The molecule has 9 nitrogen and oxygen atoms in total. The first-order chi connectivity index (χ1) is 13.0. The molecule has 3 rings (SSSR count). The predicted molar refractivity (Wildman–Crippen MR) is 101 cm³/mol. The molecule has 1 unspecified atom stereocenters. The normalized spacial score (nSPS) is 20.3. The Balaban J connectivity index is 1.74. The lowest BCUT2D eigenvalue weighted by Crippen LogP contribution is -2.48. The molecule has 2 N–H and O–H groups in total. The lowest BCUT2D eigenvalue weighted by Gasteiger charge is -2.35. The number of anilines is 1. The van der Waals surface area contributed by atoms with Gasteiger partial charge in [0.2, 0.25) is 5.91 Å². The summed E-state index contributed by atoms with van der Waals surface area (Å²) in [7, 11) is 0. The van der Waals surface area contributed by atoms with Crippen molar-refractivity contribution in [3.8, 4) is 0 Å². The number of rotatable bonds is 4. The molecule has 0 saturated carbocycles. The smallest absolute Gasteiger partial charge is 0.293 e. The van der Waals surface area contributed by atoms with Gasteiger partial charge in [-0.3, -0.25) is 19.7 Å². The number of nitro benzene ring substituents is 1. The van der Waals surface area contributed by atoms with Crippen molar-refractivity contribution in [1.82, 2.24) is 15.5 Å². The van der Waals surface area contributed by atoms with E-state index in [0.29, 0.717) is 44.0 Å². The fourth-order valence-electron chi connectivity index (χ4n) is 3.58. The topological polar surface area (TPSA) is 108 Å². The van der Waals surface area contributed by atoms with Crippen LogP contribution in [0.4, 0.5) is 11.4 Å². The highest BCUT2D eigenvalue weighted by atomic mass is 16.6. The zero-order valence-corrected chi connectivity index (χ0v) is 15.4. The second-order valence-corrected chi connectivity index (χ2v) is 6.97. The van der Waals surface area contributed by atoms with Gasteiger partial charge in [0.25, 0.3) is 11.6 Å². The summed E-state index contributed by atoms with van der Waals surface area (Å²) in [4.78, 5) is 38.7. The monoisotopic (exact) mass is 375 g/mol. The summed E-state index contributed by atoms with van der Waals surface area (Å²) in [6.07, 6.45) is 1.90. The van der Waals surface area contributed by atoms with E-state index in [1.165, 1.54) is 13.0 Å². The fourth-order valence-corrected chi connectivity index (χ4v) is 3.58. The minimum absolute atomic E-state index is 0.00775. The molecule has 27 heavy (non-hydrogen) atoms. The number of piperazine rings is 1. The van der Waals surface area contributed by atoms with E-state index in [1.54, 1.807) is 17.0 Å². The Morgan fingerprint density at radius 2 is 2.00 bits per heavy atom. The van der Waals surface area contributed by atoms with Crippen molar-refractivity contribution in [2.45, 2.75) is 25.8 Å². The lowest BCUT2D eigenvalue weighted by molar-refractivity contribution is -0.384. The van der Waals surface area contributed by atoms with Crippen molar-refractivity contribution in [2.75, 3.05) is 44.2 Å². The molecular formula is C18H25N5O4. The summed E-state index contributed by atoms with van der Waals surface area (Å²) in [5.74, 6) is -0.284. The van der Waals surface area contributed by atoms with E-state index >= 15 is 0 Å². The largest absolute Gasteiger partial charge is 0.362 e. The lowest BCUT2D eigenvalue weighted by atomic mass is 10.1. The number of hydrogen-bond donors (Lipinski definition) is 2. The first-order valence-corrected chi connectivity index (χ1v) is 9.26. The number of amides is 2. The van der Waals surface area contributed by atoms with Gasteiger partial charge in [0.15, 0.2) is 0 Å². The minimum atomic E-state index is -0.453. The Morgan fingerprint density at radius 1 is 1.26 bits per heavy atom. The molecule has 1 aromatic carbocycles. The number of hydrogen-bond acceptors (Lipinski definition) is 6. The third-order valence-electron chi connectivity index (χ3n) is 5.13. The quantitative estimate of drug-likeness (QED) is 0.594. The maximum Gasteiger partial charge on any atom is 0.293 e. The Kier molecular flexibility index (Phi) is 5.90. The highest BCUT2D eigenvalue weighted by Gasteiger charge is 2.26. The molecule has 1 aromatic rings. The van der Waals surface area contributed by atoms with Crippen molar-refractivity contribution in [3.05, 3.63) is 33.9 Å². The minimum Gasteiger partial charge on any atom is -0.362 e. The van der Waals surface area contributed by atoms with Crippen LogP contribution in [-0.4, -0.2) is 66.9 Å². The van der Waals surface area contributed by atoms with E-state index < -0.39 is 4.92 Å². The van der Waals surface area contributed by atoms with Crippen LogP contribution in [0.25, 0.3) is 0 Å². The second-order valence-electron chi connectivity index (χ2n) is 6.97. The van der Waals surface area contributed by atoms with Crippen molar-refractivity contribution in [2.24, 2.45) is 0 Å². The number of carbonyl (C=O) groups excluding carboxylic acids is 2. The van der Waals surface area contributed by atoms with Gasteiger partial charge in [-0.2, -0.15) is 0 Å². The SMILES string of the molecule is CC(=O)N1CCN(c2ccc(C(=O)NC3CCCNC3)cc2[N+](=O)[O-])CC1. The molecule has 0 spiro atoms. The summed E-state index contributed by atoms with van der Waals surface area (Å²) in [6.45, 7) is 5.30. The van der Waals surface area contributed by atoms with Gasteiger partial charge in [-0.15, -0.1) is 0 Å². The van der Waals surface area contributed by atoms with E-state index in [0.717, 1.165) is 19.4 Å². The van der Waals surface area contributed by atoms with Crippen molar-refractivity contribution in [3.63, 3.8) is 0 Å². The maximum atomic E-state index is 12.5. The summed E-state index contributed by atoms with van der Waals surface area (Å²) in [5, 5.41) is 17.7. The van der Waals surface area contributed by atoms with Crippen LogP contribution in [-0.2, 0) is 4.79 Å². The van der Waals surface area contributed by atoms with Gasteiger partial charge in [-0.05, 0) is 31.5 Å². The Morgan fingerprint density at radius 3 is 2.59 bits per heavy atom. The number of piperidine rings is 1. The molecule has 0 aromatic heterocycles. The number of carbonyl (C=O) groups is 2. The van der Waals surface area contributed by atoms with Crippen LogP contribution in [0.1, 0.15) is 30.1 Å². The predicted octanol–water partition coefficient (Wildman–Crippen LogP) is 0.745. The Labute approximate surface area is 157 Å². The third kappa shape index (κ3) is 4.54. The number of nitrogens with zero attached hydrogens (tertiary/aromatic N) is 3. The van der Waals surface area contributed by atoms with Crippen LogP contribution in [0.2, 0.25) is 0 Å². The molecule has 2 heterocycles. The van der Waals surface area contributed by atoms with Crippen LogP contribution >= 0.6 is 0 Å². The molecule has 2 aliphatic heterocycles. The molecule has 0 radical (unpaired) electrons. The number of nitro groups is 1. The first kappa shape index (κ1) is 19.1. The van der Waals surface area contributed by atoms with E-state index in [1.807, 2.05) is 4.90 Å². The van der Waals surface area contributed by atoms with Crippen molar-refractivity contribution < 1.29 is 14.5 Å². The average molecular weight is 375 g/mol. The molecule has 0 bridgehead atoms. The standard InChI is InChI=1S/C18H25N5O4/c1-13(24)21-7-9-22(10-8-21)16-5-4-14(11-17(16)23(26)27)18(25)20-15-3-2-6-19-12-15/h4-5,11,15,19H,2-3,6-10,12H2,1H3,(H,20,25). The molecule has 2 fully saturated rings. The Hall–Kier alpha value is -2.68. The van der Waals surface area contributed by atoms with Gasteiger partial charge in [0, 0.05) is 57.3 Å². The zero-order chi connectivity index (χ0) is 19.4. The molecule has 0 aliphatic carbocycles. The van der Waals surface area contributed by atoms with Crippen LogP contribution in [0, 0.1) is 10.1 Å². The van der Waals surface area contributed by atoms with Gasteiger partial charge in [-0.1, -0.05) is 0 Å². The molecular weight excluding hydrogens is 350 g/mol. The van der Waals surface area contributed by atoms with E-state index in [4.69, 9.17) is 0 Å². The van der Waals surface area contributed by atoms with Gasteiger partial charge in [-0.25, -0.2) is 0 Å². The third-order valence-corrected chi connectivity index (χ3v) is 5.13. The molecule has 2 saturated heterocycles. The first-order valence-electron chi connectivity index (χ1n) is 9.26. The average Bonchev–Trinajstić information content (AvgIpc) is 2.68. The summed E-state index contributed by atoms with van der Waals surface area (Å²) < 4.78 is 0. The van der Waals surface area contributed by atoms with Gasteiger partial charge in [0.05, 0.1) is 4.92 Å². The van der Waals surface area contributed by atoms with E-state index in [9.17, 15) is 19.7 Å². The van der Waals surface area contributed by atoms with Gasteiger partial charge in [0.1, 0.15) is 5.69 Å². The van der Waals surface area contributed by atoms with Gasteiger partial charge < -0.3 is 20.4 Å². The van der Waals surface area contributed by atoms with E-state index in [2.05, 4.69) is 10.6 Å². The highest BCUT2D eigenvalue weighted by molar-refractivity contribution is 5.96. The molecule has 146 valence electrons. The van der Waals surface area contributed by atoms with Crippen LogP contribution in [0.15, 0.2) is 18.2 Å². The number of benzene rings is 1. The summed E-state index contributed by atoms with van der Waals surface area (Å²) in [6, 6.07) is 4.66. The van der Waals surface area contributed by atoms with Crippen molar-refractivity contribution in [1.29, 1.82) is 0 Å². The highest BCUT2D eigenvalue weighted by Crippen LogP contribution is 2.30. The van der Waals surface area contributed by atoms with Crippen LogP contribution in [0.3, 0.4) is 0 Å². The van der Waals surface area contributed by atoms with Crippen LogP contribution < -0.4 is 15.5 Å². The maximum absolute atomic E-state index is 12.5. The van der Waals surface area contributed by atoms with E-state index in [-0.39, 0.29) is 23.5 Å². The fraction of sp³-hybridized carbons (Fsp3) is 0.556. The second kappa shape index (κ2) is 8.34.